The molecule has 1 aliphatic carbocycles. The Morgan fingerprint density at radius 1 is 1.09 bits per heavy atom. The maximum atomic E-state index is 13.3. The SMILES string of the molecule is Cc1ccc(CSCC(=O)N(Cc2ccc(Cl)cc2Cl)[C@@H](C)C(=O)NC2CCCCC2)cc1. The van der Waals surface area contributed by atoms with Gasteiger partial charge in [-0.2, -0.15) is 0 Å². The predicted molar refractivity (Wildman–Crippen MR) is 139 cm³/mol. The molecule has 0 unspecified atom stereocenters. The molecule has 2 aromatic rings. The minimum atomic E-state index is -0.592. The summed E-state index contributed by atoms with van der Waals surface area (Å²) in [4.78, 5) is 27.9. The average molecular weight is 508 g/mol. The van der Waals surface area contributed by atoms with Crippen molar-refractivity contribution in [3.63, 3.8) is 0 Å². The van der Waals surface area contributed by atoms with Crippen LogP contribution in [0.15, 0.2) is 42.5 Å². The lowest BCUT2D eigenvalue weighted by atomic mass is 9.95. The van der Waals surface area contributed by atoms with E-state index in [1.807, 2.05) is 6.07 Å². The van der Waals surface area contributed by atoms with Crippen LogP contribution in [0.25, 0.3) is 0 Å². The molecule has 1 N–H and O–H groups in total. The van der Waals surface area contributed by atoms with Crippen LogP contribution in [0.2, 0.25) is 10.0 Å². The minimum Gasteiger partial charge on any atom is -0.352 e. The van der Waals surface area contributed by atoms with Gasteiger partial charge in [-0.25, -0.2) is 0 Å². The van der Waals surface area contributed by atoms with Gasteiger partial charge >= 0.3 is 0 Å². The van der Waals surface area contributed by atoms with Gasteiger partial charge in [-0.15, -0.1) is 11.8 Å². The summed E-state index contributed by atoms with van der Waals surface area (Å²) in [5, 5.41) is 4.19. The van der Waals surface area contributed by atoms with Crippen LogP contribution < -0.4 is 5.32 Å². The molecule has 0 saturated heterocycles. The summed E-state index contributed by atoms with van der Waals surface area (Å²) >= 11 is 14.0. The first-order valence-corrected chi connectivity index (χ1v) is 13.4. The lowest BCUT2D eigenvalue weighted by Crippen LogP contribution is -2.50. The number of hydrogen-bond acceptors (Lipinski definition) is 3. The number of carbonyl (C=O) groups is 2. The van der Waals surface area contributed by atoms with Gasteiger partial charge in [0.15, 0.2) is 0 Å². The number of benzene rings is 2. The van der Waals surface area contributed by atoms with Gasteiger partial charge in [0.1, 0.15) is 6.04 Å². The molecular weight excluding hydrogens is 475 g/mol. The zero-order chi connectivity index (χ0) is 23.8. The van der Waals surface area contributed by atoms with Crippen molar-refractivity contribution in [1.82, 2.24) is 10.2 Å². The molecule has 3 rings (SSSR count). The summed E-state index contributed by atoms with van der Waals surface area (Å²) < 4.78 is 0. The lowest BCUT2D eigenvalue weighted by molar-refractivity contribution is -0.139. The number of amides is 2. The molecule has 1 aliphatic rings. The average Bonchev–Trinajstić information content (AvgIpc) is 2.80. The standard InChI is InChI=1S/C26H32Cl2N2O2S/c1-18-8-10-20(11-9-18)16-33-17-25(31)30(15-21-12-13-22(27)14-24(21)28)19(2)26(32)29-23-6-4-3-5-7-23/h8-14,19,23H,3-7,15-17H2,1-2H3,(H,29,32)/t19-/m0/s1. The first-order valence-electron chi connectivity index (χ1n) is 11.5. The van der Waals surface area contributed by atoms with Crippen molar-refractivity contribution < 1.29 is 9.59 Å². The summed E-state index contributed by atoms with van der Waals surface area (Å²) in [7, 11) is 0. The van der Waals surface area contributed by atoms with Gasteiger partial charge in [-0.05, 0) is 49.9 Å². The van der Waals surface area contributed by atoms with E-state index in [4.69, 9.17) is 23.2 Å². The van der Waals surface area contributed by atoms with Crippen molar-refractivity contribution in [2.24, 2.45) is 0 Å². The Morgan fingerprint density at radius 3 is 2.45 bits per heavy atom. The third-order valence-electron chi connectivity index (χ3n) is 6.09. The topological polar surface area (TPSA) is 49.4 Å². The smallest absolute Gasteiger partial charge is 0.242 e. The molecule has 0 bridgehead atoms. The molecule has 7 heteroatoms. The van der Waals surface area contributed by atoms with Crippen LogP contribution in [0.1, 0.15) is 55.7 Å². The normalized spacial score (nSPS) is 15.2. The molecule has 178 valence electrons. The van der Waals surface area contributed by atoms with Crippen LogP contribution in [0.5, 0.6) is 0 Å². The molecule has 0 aromatic heterocycles. The first-order chi connectivity index (χ1) is 15.8. The van der Waals surface area contributed by atoms with Crippen molar-refractivity contribution in [3.8, 4) is 0 Å². The van der Waals surface area contributed by atoms with Crippen molar-refractivity contribution in [1.29, 1.82) is 0 Å². The van der Waals surface area contributed by atoms with E-state index in [0.29, 0.717) is 15.8 Å². The molecule has 0 spiro atoms. The number of halogens is 2. The number of rotatable bonds is 9. The van der Waals surface area contributed by atoms with E-state index >= 15 is 0 Å². The number of aryl methyl sites for hydroxylation is 1. The number of thioether (sulfide) groups is 1. The van der Waals surface area contributed by atoms with Gasteiger partial charge in [0, 0.05) is 28.4 Å². The zero-order valence-electron chi connectivity index (χ0n) is 19.3. The maximum absolute atomic E-state index is 13.3. The van der Waals surface area contributed by atoms with Crippen molar-refractivity contribution in [2.75, 3.05) is 5.75 Å². The van der Waals surface area contributed by atoms with Crippen molar-refractivity contribution >= 4 is 46.8 Å². The number of carbonyl (C=O) groups excluding carboxylic acids is 2. The highest BCUT2D eigenvalue weighted by Gasteiger charge is 2.28. The fourth-order valence-corrected chi connectivity index (χ4v) is 5.35. The molecule has 0 aliphatic heterocycles. The van der Waals surface area contributed by atoms with Crippen molar-refractivity contribution in [3.05, 3.63) is 69.2 Å². The van der Waals surface area contributed by atoms with E-state index in [2.05, 4.69) is 36.5 Å². The lowest BCUT2D eigenvalue weighted by Gasteiger charge is -2.31. The number of nitrogens with one attached hydrogen (secondary N) is 1. The van der Waals surface area contributed by atoms with E-state index in [-0.39, 0.29) is 24.4 Å². The van der Waals surface area contributed by atoms with Gasteiger partial charge in [-0.3, -0.25) is 9.59 Å². The van der Waals surface area contributed by atoms with E-state index in [0.717, 1.165) is 37.0 Å². The van der Waals surface area contributed by atoms with Gasteiger partial charge in [0.2, 0.25) is 11.8 Å². The molecule has 1 fully saturated rings. The zero-order valence-corrected chi connectivity index (χ0v) is 21.6. The number of hydrogen-bond donors (Lipinski definition) is 1. The van der Waals surface area contributed by atoms with E-state index in [1.165, 1.54) is 17.5 Å². The minimum absolute atomic E-state index is 0.0792. The molecule has 0 radical (unpaired) electrons. The van der Waals surface area contributed by atoms with E-state index < -0.39 is 6.04 Å². The largest absolute Gasteiger partial charge is 0.352 e. The molecular formula is C26H32Cl2N2O2S. The molecule has 33 heavy (non-hydrogen) atoms. The van der Waals surface area contributed by atoms with E-state index in [1.54, 1.807) is 35.7 Å². The Labute approximate surface area is 211 Å². The Morgan fingerprint density at radius 2 is 1.79 bits per heavy atom. The highest BCUT2D eigenvalue weighted by atomic mass is 35.5. The highest BCUT2D eigenvalue weighted by molar-refractivity contribution is 7.99. The van der Waals surface area contributed by atoms with Gasteiger partial charge in [-0.1, -0.05) is 78.4 Å². The Kier molecular flexibility index (Phi) is 9.96. The summed E-state index contributed by atoms with van der Waals surface area (Å²) in [6.45, 7) is 4.11. The van der Waals surface area contributed by atoms with Crippen LogP contribution in [-0.4, -0.2) is 34.6 Å². The summed E-state index contributed by atoms with van der Waals surface area (Å²) in [6.07, 6.45) is 5.50. The first kappa shape index (κ1) is 25.9. The second kappa shape index (κ2) is 12.7. The fourth-order valence-electron chi connectivity index (χ4n) is 4.01. The monoisotopic (exact) mass is 506 g/mol. The second-order valence-electron chi connectivity index (χ2n) is 8.76. The summed E-state index contributed by atoms with van der Waals surface area (Å²) in [5.41, 5.74) is 3.16. The Balaban J connectivity index is 1.68. The van der Waals surface area contributed by atoms with Gasteiger partial charge in [0.05, 0.1) is 5.75 Å². The highest BCUT2D eigenvalue weighted by Crippen LogP contribution is 2.24. The second-order valence-corrected chi connectivity index (χ2v) is 10.6. The quantitative estimate of drug-likeness (QED) is 0.427. The summed E-state index contributed by atoms with van der Waals surface area (Å²) in [6, 6.07) is 13.2. The molecule has 2 amide bonds. The molecule has 0 heterocycles. The Bertz CT molecular complexity index is 946. The molecule has 4 nitrogen and oxygen atoms in total. The van der Waals surface area contributed by atoms with Crippen LogP contribution in [0.4, 0.5) is 0 Å². The summed E-state index contributed by atoms with van der Waals surface area (Å²) in [5.74, 6) is 0.845. The van der Waals surface area contributed by atoms with E-state index in [9.17, 15) is 9.59 Å². The van der Waals surface area contributed by atoms with Crippen molar-refractivity contribution in [2.45, 2.75) is 70.3 Å². The fraction of sp³-hybridized carbons (Fsp3) is 0.462. The molecule has 1 saturated carbocycles. The third kappa shape index (κ3) is 7.94. The van der Waals surface area contributed by atoms with Gasteiger partial charge < -0.3 is 10.2 Å². The van der Waals surface area contributed by atoms with Gasteiger partial charge in [0.25, 0.3) is 0 Å². The van der Waals surface area contributed by atoms with Crippen LogP contribution in [0.3, 0.4) is 0 Å². The van der Waals surface area contributed by atoms with Crippen LogP contribution in [0, 0.1) is 6.92 Å². The molecule has 2 aromatic carbocycles. The molecule has 1 atom stereocenters. The Hall–Kier alpha value is -1.69. The third-order valence-corrected chi connectivity index (χ3v) is 7.67. The predicted octanol–water partition coefficient (Wildman–Crippen LogP) is 6.40. The maximum Gasteiger partial charge on any atom is 0.242 e. The number of nitrogens with zero attached hydrogens (tertiary/aromatic N) is 1. The van der Waals surface area contributed by atoms with Crippen LogP contribution >= 0.6 is 35.0 Å². The van der Waals surface area contributed by atoms with Crippen LogP contribution in [-0.2, 0) is 21.9 Å².